The molecular weight excluding hydrogens is 210 g/mol. The number of nitrogens with one attached hydrogen (secondary N) is 1. The molecule has 0 radical (unpaired) electrons. The number of carbonyl (C=O) groups is 1. The zero-order valence-corrected chi connectivity index (χ0v) is 8.54. The largest absolute Gasteiger partial charge is 0.348 e. The second-order valence-corrected chi connectivity index (χ2v) is 2.87. The Morgan fingerprint density at radius 1 is 1.50 bits per heavy atom. The summed E-state index contributed by atoms with van der Waals surface area (Å²) in [6, 6.07) is 0. The number of nitrogens with zero attached hydrogens (tertiary/aromatic N) is 4. The Bertz CT molecular complexity index is 482. The van der Waals surface area contributed by atoms with Crippen LogP contribution in [0.1, 0.15) is 17.6 Å². The van der Waals surface area contributed by atoms with Gasteiger partial charge in [-0.05, 0) is 6.92 Å². The minimum absolute atomic E-state index is 0.0810. The van der Waals surface area contributed by atoms with Gasteiger partial charge in [0.25, 0.3) is 0 Å². The van der Waals surface area contributed by atoms with E-state index in [1.54, 1.807) is 6.92 Å². The van der Waals surface area contributed by atoms with E-state index in [0.717, 1.165) is 0 Å². The predicted octanol–water partition coefficient (Wildman–Crippen LogP) is 0.276. The minimum atomic E-state index is -0.398. The SMILES string of the molecule is CCNC(=O)c1nc(-c2cnccn2)no1. The quantitative estimate of drug-likeness (QED) is 0.796. The molecule has 1 N–H and O–H groups in total. The van der Waals surface area contributed by atoms with Crippen LogP contribution in [0.15, 0.2) is 23.1 Å². The molecule has 0 fully saturated rings. The monoisotopic (exact) mass is 219 g/mol. The molecule has 0 saturated heterocycles. The summed E-state index contributed by atoms with van der Waals surface area (Å²) >= 11 is 0. The lowest BCUT2D eigenvalue weighted by molar-refractivity contribution is 0.0912. The number of rotatable bonds is 3. The summed E-state index contributed by atoms with van der Waals surface area (Å²) in [6.07, 6.45) is 4.54. The van der Waals surface area contributed by atoms with E-state index in [4.69, 9.17) is 4.52 Å². The number of carbonyl (C=O) groups excluding carboxylic acids is 1. The van der Waals surface area contributed by atoms with Gasteiger partial charge in [-0.3, -0.25) is 9.78 Å². The van der Waals surface area contributed by atoms with Crippen LogP contribution in [0.5, 0.6) is 0 Å². The fourth-order valence-electron chi connectivity index (χ4n) is 1.07. The molecule has 0 aliphatic heterocycles. The lowest BCUT2D eigenvalue weighted by Crippen LogP contribution is -2.22. The molecular formula is C9H9N5O2. The molecule has 0 spiro atoms. The molecule has 7 heteroatoms. The lowest BCUT2D eigenvalue weighted by atomic mass is 10.4. The van der Waals surface area contributed by atoms with Gasteiger partial charge in [-0.25, -0.2) is 4.98 Å². The molecule has 1 amide bonds. The van der Waals surface area contributed by atoms with Crippen LogP contribution >= 0.6 is 0 Å². The summed E-state index contributed by atoms with van der Waals surface area (Å²) in [4.78, 5) is 23.1. The number of hydrogen-bond acceptors (Lipinski definition) is 6. The molecule has 2 aromatic heterocycles. The van der Waals surface area contributed by atoms with Crippen LogP contribution in [0.3, 0.4) is 0 Å². The van der Waals surface area contributed by atoms with Gasteiger partial charge in [0.05, 0.1) is 6.20 Å². The van der Waals surface area contributed by atoms with Crippen LogP contribution in [-0.4, -0.2) is 32.6 Å². The summed E-state index contributed by atoms with van der Waals surface area (Å²) in [5, 5.41) is 6.20. The van der Waals surface area contributed by atoms with Crippen molar-refractivity contribution in [1.82, 2.24) is 25.4 Å². The maximum Gasteiger partial charge on any atom is 0.316 e. The first-order chi connectivity index (χ1) is 7.81. The van der Waals surface area contributed by atoms with Gasteiger partial charge in [-0.15, -0.1) is 0 Å². The van der Waals surface area contributed by atoms with E-state index in [1.807, 2.05) is 0 Å². The summed E-state index contributed by atoms with van der Waals surface area (Å²) < 4.78 is 4.79. The summed E-state index contributed by atoms with van der Waals surface area (Å²) in [5.41, 5.74) is 0.460. The van der Waals surface area contributed by atoms with Crippen molar-refractivity contribution in [1.29, 1.82) is 0 Å². The third kappa shape index (κ3) is 2.02. The van der Waals surface area contributed by atoms with Crippen molar-refractivity contribution in [3.8, 4) is 11.5 Å². The third-order valence-electron chi connectivity index (χ3n) is 1.75. The van der Waals surface area contributed by atoms with Crippen LogP contribution in [-0.2, 0) is 0 Å². The van der Waals surface area contributed by atoms with E-state index in [9.17, 15) is 4.79 Å². The Hall–Kier alpha value is -2.31. The molecule has 16 heavy (non-hydrogen) atoms. The lowest BCUT2D eigenvalue weighted by Gasteiger charge is -1.93. The molecule has 2 rings (SSSR count). The Kier molecular flexibility index (Phi) is 2.86. The summed E-state index contributed by atoms with van der Waals surface area (Å²) in [6.45, 7) is 2.31. The molecule has 0 aromatic carbocycles. The van der Waals surface area contributed by atoms with Gasteiger partial charge in [0, 0.05) is 18.9 Å². The fraction of sp³-hybridized carbons (Fsp3) is 0.222. The highest BCUT2D eigenvalue weighted by atomic mass is 16.5. The number of hydrogen-bond donors (Lipinski definition) is 1. The predicted molar refractivity (Wildman–Crippen MR) is 53.3 cm³/mol. The van der Waals surface area contributed by atoms with E-state index in [2.05, 4.69) is 25.4 Å². The molecule has 0 atom stereocenters. The van der Waals surface area contributed by atoms with E-state index in [-0.39, 0.29) is 11.7 Å². The number of amides is 1. The maximum atomic E-state index is 11.3. The topological polar surface area (TPSA) is 93.8 Å². The standard InChI is InChI=1S/C9H9N5O2/c1-2-11-8(15)9-13-7(14-16-9)6-5-10-3-4-12-6/h3-5H,2H2,1H3,(H,11,15). The highest BCUT2D eigenvalue weighted by molar-refractivity contribution is 5.89. The van der Waals surface area contributed by atoms with Crippen molar-refractivity contribution < 1.29 is 9.32 Å². The Morgan fingerprint density at radius 2 is 2.38 bits per heavy atom. The molecule has 0 saturated carbocycles. The maximum absolute atomic E-state index is 11.3. The summed E-state index contributed by atoms with van der Waals surface area (Å²) in [7, 11) is 0. The van der Waals surface area contributed by atoms with Gasteiger partial charge in [-0.2, -0.15) is 4.98 Å². The first kappa shape index (κ1) is 10.2. The highest BCUT2D eigenvalue weighted by Gasteiger charge is 2.15. The zero-order valence-electron chi connectivity index (χ0n) is 8.54. The molecule has 82 valence electrons. The molecule has 2 aromatic rings. The van der Waals surface area contributed by atoms with E-state index < -0.39 is 5.91 Å². The van der Waals surface area contributed by atoms with Crippen molar-refractivity contribution in [3.63, 3.8) is 0 Å². The first-order valence-electron chi connectivity index (χ1n) is 4.69. The normalized spacial score (nSPS) is 10.1. The molecule has 0 aliphatic carbocycles. The Morgan fingerprint density at radius 3 is 3.06 bits per heavy atom. The van der Waals surface area contributed by atoms with Crippen LogP contribution in [0.2, 0.25) is 0 Å². The van der Waals surface area contributed by atoms with Crippen molar-refractivity contribution >= 4 is 5.91 Å². The van der Waals surface area contributed by atoms with Crippen LogP contribution in [0.25, 0.3) is 11.5 Å². The van der Waals surface area contributed by atoms with Gasteiger partial charge in [0.1, 0.15) is 5.69 Å². The molecule has 0 aliphatic rings. The van der Waals surface area contributed by atoms with E-state index >= 15 is 0 Å². The van der Waals surface area contributed by atoms with E-state index in [0.29, 0.717) is 12.2 Å². The molecule has 0 bridgehead atoms. The Labute approximate surface area is 90.9 Å². The zero-order chi connectivity index (χ0) is 11.4. The van der Waals surface area contributed by atoms with Crippen molar-refractivity contribution in [2.75, 3.05) is 6.54 Å². The van der Waals surface area contributed by atoms with E-state index in [1.165, 1.54) is 18.6 Å². The fourth-order valence-corrected chi connectivity index (χ4v) is 1.07. The van der Waals surface area contributed by atoms with Crippen LogP contribution in [0.4, 0.5) is 0 Å². The van der Waals surface area contributed by atoms with Crippen molar-refractivity contribution in [3.05, 3.63) is 24.5 Å². The van der Waals surface area contributed by atoms with Gasteiger partial charge in [-0.1, -0.05) is 5.16 Å². The average molecular weight is 219 g/mol. The first-order valence-corrected chi connectivity index (χ1v) is 4.69. The third-order valence-corrected chi connectivity index (χ3v) is 1.75. The highest BCUT2D eigenvalue weighted by Crippen LogP contribution is 2.10. The van der Waals surface area contributed by atoms with Crippen molar-refractivity contribution in [2.24, 2.45) is 0 Å². The van der Waals surface area contributed by atoms with Crippen molar-refractivity contribution in [2.45, 2.75) is 6.92 Å². The second kappa shape index (κ2) is 4.47. The Balaban J connectivity index is 2.23. The van der Waals surface area contributed by atoms with Gasteiger partial charge < -0.3 is 9.84 Å². The minimum Gasteiger partial charge on any atom is -0.348 e. The average Bonchev–Trinajstić information content (AvgIpc) is 2.80. The van der Waals surface area contributed by atoms with Crippen LogP contribution < -0.4 is 5.32 Å². The van der Waals surface area contributed by atoms with Gasteiger partial charge in [0.15, 0.2) is 0 Å². The van der Waals surface area contributed by atoms with Gasteiger partial charge >= 0.3 is 11.8 Å². The number of aromatic nitrogens is 4. The molecule has 7 nitrogen and oxygen atoms in total. The second-order valence-electron chi connectivity index (χ2n) is 2.87. The summed E-state index contributed by atoms with van der Waals surface area (Å²) in [5.74, 6) is -0.234. The molecule has 2 heterocycles. The van der Waals surface area contributed by atoms with Crippen LogP contribution in [0, 0.1) is 0 Å². The molecule has 0 unspecified atom stereocenters. The van der Waals surface area contributed by atoms with Gasteiger partial charge in [0.2, 0.25) is 5.82 Å². The smallest absolute Gasteiger partial charge is 0.316 e.